The van der Waals surface area contributed by atoms with Gasteiger partial charge in [0.15, 0.2) is 0 Å². The molecule has 0 saturated carbocycles. The lowest BCUT2D eigenvalue weighted by atomic mass is 9.72. The van der Waals surface area contributed by atoms with Crippen molar-refractivity contribution in [3.63, 3.8) is 0 Å². The highest BCUT2D eigenvalue weighted by atomic mass is 35.5. The van der Waals surface area contributed by atoms with Gasteiger partial charge in [-0.1, -0.05) is 88.7 Å². The Bertz CT molecular complexity index is 1170. The summed E-state index contributed by atoms with van der Waals surface area (Å²) in [5.41, 5.74) is 6.62. The topological polar surface area (TPSA) is 49.3 Å². The van der Waals surface area contributed by atoms with Crippen LogP contribution in [0.1, 0.15) is 67.7 Å². The van der Waals surface area contributed by atoms with Gasteiger partial charge in [-0.05, 0) is 63.3 Å². The minimum Gasteiger partial charge on any atom is -0.478 e. The van der Waals surface area contributed by atoms with Crippen LogP contribution in [0, 0.1) is 5.41 Å². The van der Waals surface area contributed by atoms with Crippen molar-refractivity contribution in [2.24, 2.45) is 5.41 Å². The Balaban J connectivity index is 1.72. The predicted octanol–water partition coefficient (Wildman–Crippen LogP) is 7.74. The van der Waals surface area contributed by atoms with Crippen LogP contribution in [0.2, 0.25) is 5.02 Å². The normalized spacial score (nSPS) is 17.4. The zero-order valence-electron chi connectivity index (χ0n) is 19.3. The second kappa shape index (κ2) is 7.97. The van der Waals surface area contributed by atoms with Crippen LogP contribution in [0.15, 0.2) is 60.7 Å². The fourth-order valence-corrected chi connectivity index (χ4v) is 4.91. The van der Waals surface area contributed by atoms with Gasteiger partial charge in [0.1, 0.15) is 0 Å². The summed E-state index contributed by atoms with van der Waals surface area (Å²) in [5.74, 6) is -0.970. The van der Waals surface area contributed by atoms with Gasteiger partial charge in [-0.3, -0.25) is 0 Å². The van der Waals surface area contributed by atoms with E-state index in [4.69, 9.17) is 11.6 Å². The number of fused-ring (bicyclic) bond motifs is 1. The Morgan fingerprint density at radius 2 is 1.72 bits per heavy atom. The second-order valence-corrected chi connectivity index (χ2v) is 10.9. The van der Waals surface area contributed by atoms with Crippen LogP contribution in [0.25, 0.3) is 11.1 Å². The Morgan fingerprint density at radius 1 is 1.03 bits per heavy atom. The fraction of sp³-hybridized carbons (Fsp3) is 0.321. The molecule has 0 bridgehead atoms. The first-order valence-corrected chi connectivity index (χ1v) is 11.4. The monoisotopic (exact) mass is 447 g/mol. The molecule has 1 atom stereocenters. The van der Waals surface area contributed by atoms with Crippen LogP contribution >= 0.6 is 11.6 Å². The summed E-state index contributed by atoms with van der Waals surface area (Å²) < 4.78 is 0. The molecule has 4 rings (SSSR count). The van der Waals surface area contributed by atoms with Crippen molar-refractivity contribution >= 4 is 23.3 Å². The number of rotatable bonds is 3. The molecular formula is C28H30ClNO2. The number of nitrogens with one attached hydrogen (secondary N) is 1. The van der Waals surface area contributed by atoms with E-state index >= 15 is 0 Å². The first-order valence-electron chi connectivity index (χ1n) is 11.0. The minimum atomic E-state index is -0.970. The molecule has 3 nitrogen and oxygen atoms in total. The van der Waals surface area contributed by atoms with Crippen molar-refractivity contribution < 1.29 is 9.90 Å². The lowest BCUT2D eigenvalue weighted by molar-refractivity contribution is 0.0697. The quantitative estimate of drug-likeness (QED) is 0.431. The van der Waals surface area contributed by atoms with Crippen molar-refractivity contribution in [1.82, 2.24) is 0 Å². The standard InChI is InChI=1S/C28H30ClNO2/c1-27(2,3)21-11-9-17(10-12-21)18-7-6-8-19(13-18)25-28(4,5)16-20-14-22(29)15-23(26(31)32)24(20)30-25/h6-15,25,30H,16H2,1-5H3,(H,31,32). The predicted molar refractivity (Wildman–Crippen MR) is 133 cm³/mol. The van der Waals surface area contributed by atoms with Crippen LogP contribution in [-0.2, 0) is 11.8 Å². The maximum Gasteiger partial charge on any atom is 0.337 e. The summed E-state index contributed by atoms with van der Waals surface area (Å²) >= 11 is 6.21. The number of benzene rings is 3. The summed E-state index contributed by atoms with van der Waals surface area (Å²) in [7, 11) is 0. The molecule has 1 aliphatic rings. The molecule has 1 unspecified atom stereocenters. The van der Waals surface area contributed by atoms with Crippen LogP contribution in [0.3, 0.4) is 0 Å². The number of carboxylic acid groups (broad SMARTS) is 1. The van der Waals surface area contributed by atoms with Crippen molar-refractivity contribution in [2.75, 3.05) is 5.32 Å². The third kappa shape index (κ3) is 4.27. The van der Waals surface area contributed by atoms with E-state index in [2.05, 4.69) is 88.5 Å². The number of halogens is 1. The molecule has 1 heterocycles. The lowest BCUT2D eigenvalue weighted by Gasteiger charge is -2.42. The van der Waals surface area contributed by atoms with E-state index in [0.717, 1.165) is 23.1 Å². The zero-order chi connectivity index (χ0) is 23.3. The Morgan fingerprint density at radius 3 is 2.34 bits per heavy atom. The second-order valence-electron chi connectivity index (χ2n) is 10.5. The summed E-state index contributed by atoms with van der Waals surface area (Å²) in [6.07, 6.45) is 0.741. The molecule has 0 fully saturated rings. The van der Waals surface area contributed by atoms with Gasteiger partial charge in [-0.15, -0.1) is 0 Å². The van der Waals surface area contributed by atoms with E-state index < -0.39 is 5.97 Å². The molecule has 0 aliphatic carbocycles. The van der Waals surface area contributed by atoms with Gasteiger partial charge < -0.3 is 10.4 Å². The van der Waals surface area contributed by atoms with Gasteiger partial charge in [0.25, 0.3) is 0 Å². The molecule has 0 aromatic heterocycles. The van der Waals surface area contributed by atoms with Gasteiger partial charge in [0, 0.05) is 5.02 Å². The van der Waals surface area contributed by atoms with Crippen molar-refractivity contribution in [2.45, 2.75) is 52.5 Å². The Labute approximate surface area is 195 Å². The summed E-state index contributed by atoms with van der Waals surface area (Å²) in [6.45, 7) is 11.1. The minimum absolute atomic E-state index is 0.0249. The molecule has 0 spiro atoms. The first-order chi connectivity index (χ1) is 15.0. The van der Waals surface area contributed by atoms with Gasteiger partial charge in [0.2, 0.25) is 0 Å². The van der Waals surface area contributed by atoms with Gasteiger partial charge in [0.05, 0.1) is 17.3 Å². The van der Waals surface area contributed by atoms with Crippen LogP contribution in [-0.4, -0.2) is 11.1 Å². The third-order valence-electron chi connectivity index (χ3n) is 6.44. The molecule has 2 N–H and O–H groups in total. The van der Waals surface area contributed by atoms with Crippen LogP contribution in [0.5, 0.6) is 0 Å². The van der Waals surface area contributed by atoms with E-state index in [0.29, 0.717) is 10.7 Å². The van der Waals surface area contributed by atoms with Crippen LogP contribution in [0.4, 0.5) is 5.69 Å². The molecule has 32 heavy (non-hydrogen) atoms. The maximum absolute atomic E-state index is 11.9. The first kappa shape index (κ1) is 22.4. The molecule has 1 aliphatic heterocycles. The molecule has 0 saturated heterocycles. The molecule has 0 radical (unpaired) electrons. The number of hydrogen-bond acceptors (Lipinski definition) is 2. The summed E-state index contributed by atoms with van der Waals surface area (Å²) in [5, 5.41) is 13.7. The molecule has 4 heteroatoms. The van der Waals surface area contributed by atoms with Gasteiger partial charge in [-0.25, -0.2) is 4.79 Å². The molecule has 3 aromatic carbocycles. The van der Waals surface area contributed by atoms with Gasteiger partial charge in [-0.2, -0.15) is 0 Å². The largest absolute Gasteiger partial charge is 0.478 e. The van der Waals surface area contributed by atoms with E-state index in [1.54, 1.807) is 0 Å². The van der Waals surface area contributed by atoms with Crippen molar-refractivity contribution in [3.05, 3.63) is 87.9 Å². The number of anilines is 1. The smallest absolute Gasteiger partial charge is 0.337 e. The van der Waals surface area contributed by atoms with Crippen molar-refractivity contribution in [1.29, 1.82) is 0 Å². The van der Waals surface area contributed by atoms with E-state index in [1.165, 1.54) is 17.2 Å². The van der Waals surface area contributed by atoms with Gasteiger partial charge >= 0.3 is 5.97 Å². The number of hydrogen-bond donors (Lipinski definition) is 2. The Hall–Kier alpha value is -2.78. The lowest BCUT2D eigenvalue weighted by Crippen LogP contribution is -2.35. The summed E-state index contributed by atoms with van der Waals surface area (Å²) in [4.78, 5) is 11.9. The average molecular weight is 448 g/mol. The molecule has 0 amide bonds. The number of carboxylic acids is 1. The summed E-state index contributed by atoms with van der Waals surface area (Å²) in [6, 6.07) is 20.7. The zero-order valence-corrected chi connectivity index (χ0v) is 20.0. The third-order valence-corrected chi connectivity index (χ3v) is 6.65. The highest BCUT2D eigenvalue weighted by Gasteiger charge is 2.37. The van der Waals surface area contributed by atoms with E-state index in [1.807, 2.05) is 6.07 Å². The molecular weight excluding hydrogens is 418 g/mol. The highest BCUT2D eigenvalue weighted by Crippen LogP contribution is 2.47. The van der Waals surface area contributed by atoms with E-state index in [9.17, 15) is 9.90 Å². The fourth-order valence-electron chi connectivity index (χ4n) is 4.67. The van der Waals surface area contributed by atoms with Crippen LogP contribution < -0.4 is 5.32 Å². The number of carbonyl (C=O) groups is 1. The molecule has 3 aromatic rings. The number of aromatic carboxylic acids is 1. The van der Waals surface area contributed by atoms with Crippen molar-refractivity contribution in [3.8, 4) is 11.1 Å². The average Bonchev–Trinajstić information content (AvgIpc) is 2.71. The van der Waals surface area contributed by atoms with E-state index in [-0.39, 0.29) is 22.4 Å². The maximum atomic E-state index is 11.9. The Kier molecular flexibility index (Phi) is 5.58. The molecule has 166 valence electrons. The SMILES string of the molecule is CC(C)(C)c1ccc(-c2cccc(C3Nc4c(cc(Cl)cc4C(=O)O)CC3(C)C)c2)cc1. The highest BCUT2D eigenvalue weighted by molar-refractivity contribution is 6.31.